The van der Waals surface area contributed by atoms with Crippen LogP contribution in [0.3, 0.4) is 0 Å². The van der Waals surface area contributed by atoms with Gasteiger partial charge in [0.05, 0.1) is 6.72 Å². The van der Waals surface area contributed by atoms with E-state index in [9.17, 15) is 0 Å². The summed E-state index contributed by atoms with van der Waals surface area (Å²) in [5.41, 5.74) is 6.65. The number of hydrogen-bond acceptors (Lipinski definition) is 1. The molecule has 0 radical (unpaired) electrons. The molecule has 34 heavy (non-hydrogen) atoms. The molecule has 3 heteroatoms. The van der Waals surface area contributed by atoms with Crippen LogP contribution in [0.5, 0.6) is 0 Å². The third-order valence-electron chi connectivity index (χ3n) is 6.47. The predicted molar refractivity (Wildman–Crippen MR) is 142 cm³/mol. The van der Waals surface area contributed by atoms with Crippen LogP contribution >= 0.6 is 0 Å². The normalized spacial score (nSPS) is 14.5. The van der Waals surface area contributed by atoms with Crippen molar-refractivity contribution < 1.29 is 8.99 Å². The van der Waals surface area contributed by atoms with Crippen molar-refractivity contribution in [3.05, 3.63) is 102 Å². The Kier molecular flexibility index (Phi) is 5.44. The maximum atomic E-state index is 5.71. The van der Waals surface area contributed by atoms with Crippen LogP contribution in [-0.2, 0) is 11.8 Å². The molecule has 0 saturated heterocycles. The average molecular weight is 449 g/mol. The van der Waals surface area contributed by atoms with Gasteiger partial charge >= 0.3 is 5.71 Å². The Labute approximate surface area is 202 Å². The van der Waals surface area contributed by atoms with Gasteiger partial charge in [-0.1, -0.05) is 94.1 Å². The lowest BCUT2D eigenvalue weighted by Crippen LogP contribution is -2.17. The first kappa shape index (κ1) is 22.2. The SMILES string of the molecule is C=[N+]1C=CC(c2cn[c-]3[o+]cc(CC(C)C)c3c2)=C[C-]1c1cc(C(C)(C)C)c2ccccc2c1. The fourth-order valence-electron chi connectivity index (χ4n) is 4.76. The zero-order valence-corrected chi connectivity index (χ0v) is 20.7. The van der Waals surface area contributed by atoms with E-state index in [2.05, 4.69) is 101 Å². The van der Waals surface area contributed by atoms with E-state index >= 15 is 0 Å². The number of allylic oxidation sites excluding steroid dienone is 2. The molecule has 172 valence electrons. The van der Waals surface area contributed by atoms with Crippen molar-refractivity contribution in [2.24, 2.45) is 5.92 Å². The highest BCUT2D eigenvalue weighted by molar-refractivity contribution is 5.89. The number of rotatable bonds is 4. The lowest BCUT2D eigenvalue weighted by molar-refractivity contribution is -0.417. The van der Waals surface area contributed by atoms with E-state index in [0.29, 0.717) is 11.6 Å². The summed E-state index contributed by atoms with van der Waals surface area (Å²) in [6, 6.07) is 16.5. The largest absolute Gasteiger partial charge is 0.376 e. The van der Waals surface area contributed by atoms with Crippen LogP contribution < -0.4 is 0 Å². The van der Waals surface area contributed by atoms with E-state index in [1.165, 1.54) is 27.5 Å². The summed E-state index contributed by atoms with van der Waals surface area (Å²) in [5, 5.41) is 3.65. The van der Waals surface area contributed by atoms with Crippen LogP contribution in [-0.4, -0.2) is 16.3 Å². The summed E-state index contributed by atoms with van der Waals surface area (Å²) in [5.74, 6) is 0.558. The number of pyridine rings is 1. The maximum Gasteiger partial charge on any atom is 0.376 e. The number of furan rings is 1. The average Bonchev–Trinajstić information content (AvgIpc) is 3.19. The molecule has 0 aliphatic carbocycles. The van der Waals surface area contributed by atoms with Gasteiger partial charge in [0.2, 0.25) is 6.26 Å². The third kappa shape index (κ3) is 4.07. The van der Waals surface area contributed by atoms with Gasteiger partial charge < -0.3 is 0 Å². The molecular formula is C31H32N2O. The predicted octanol–water partition coefficient (Wildman–Crippen LogP) is 7.68. The number of fused-ring (bicyclic) bond motifs is 2. The molecule has 0 amide bonds. The molecule has 0 fully saturated rings. The van der Waals surface area contributed by atoms with Gasteiger partial charge in [-0.15, -0.1) is 6.07 Å². The fourth-order valence-corrected chi connectivity index (χ4v) is 4.76. The molecule has 0 N–H and O–H groups in total. The lowest BCUT2D eigenvalue weighted by atomic mass is 9.81. The smallest absolute Gasteiger partial charge is 0.275 e. The van der Waals surface area contributed by atoms with Crippen molar-refractivity contribution in [3.8, 4) is 0 Å². The Balaban J connectivity index is 1.60. The summed E-state index contributed by atoms with van der Waals surface area (Å²) >= 11 is 0. The van der Waals surface area contributed by atoms with Gasteiger partial charge in [-0.3, -0.25) is 8.99 Å². The van der Waals surface area contributed by atoms with E-state index in [0.717, 1.165) is 29.0 Å². The quantitative estimate of drug-likeness (QED) is 0.182. The van der Waals surface area contributed by atoms with E-state index in [1.54, 1.807) is 0 Å². The number of hydrogen-bond donors (Lipinski definition) is 0. The van der Waals surface area contributed by atoms with E-state index < -0.39 is 0 Å². The molecule has 0 saturated carbocycles. The highest BCUT2D eigenvalue weighted by atomic mass is 16.3. The molecule has 3 heterocycles. The second-order valence-corrected chi connectivity index (χ2v) is 10.7. The standard InChI is InChI=1S/C31H32N2O/c1-20(2)13-25-19-34-30-27(25)15-24(18-32-30)21-11-12-33(6)29(17-21)23-14-22-9-7-8-10-26(22)28(16-23)31(3,4)5/h7-12,14-20H,6,13H2,1-5H3. The van der Waals surface area contributed by atoms with Crippen LogP contribution in [0.1, 0.15) is 56.9 Å². The molecule has 2 aromatic carbocycles. The van der Waals surface area contributed by atoms with Crippen molar-refractivity contribution in [1.82, 2.24) is 4.98 Å². The Bertz CT molecular complexity index is 1460. The Hall–Kier alpha value is -3.59. The summed E-state index contributed by atoms with van der Waals surface area (Å²) < 4.78 is 7.67. The maximum absolute atomic E-state index is 5.71. The van der Waals surface area contributed by atoms with Crippen LogP contribution in [0.4, 0.5) is 0 Å². The van der Waals surface area contributed by atoms with Gasteiger partial charge in [0.25, 0.3) is 0 Å². The molecule has 3 nitrogen and oxygen atoms in total. The van der Waals surface area contributed by atoms with Gasteiger partial charge in [-0.25, -0.2) is 4.98 Å². The van der Waals surface area contributed by atoms with Crippen molar-refractivity contribution >= 4 is 34.2 Å². The molecule has 1 aliphatic heterocycles. The molecule has 1 aliphatic rings. The van der Waals surface area contributed by atoms with Crippen molar-refractivity contribution in [1.29, 1.82) is 0 Å². The molecule has 2 aromatic heterocycles. The summed E-state index contributed by atoms with van der Waals surface area (Å²) in [7, 11) is 0. The molecular weight excluding hydrogens is 416 g/mol. The highest BCUT2D eigenvalue weighted by Crippen LogP contribution is 2.36. The van der Waals surface area contributed by atoms with Gasteiger partial charge in [-0.05, 0) is 51.6 Å². The highest BCUT2D eigenvalue weighted by Gasteiger charge is 2.22. The molecule has 5 rings (SSSR count). The Morgan fingerprint density at radius 1 is 1.12 bits per heavy atom. The first-order valence-corrected chi connectivity index (χ1v) is 12.0. The van der Waals surface area contributed by atoms with Crippen LogP contribution in [0.25, 0.3) is 27.4 Å². The van der Waals surface area contributed by atoms with Gasteiger partial charge in [-0.2, -0.15) is 0 Å². The van der Waals surface area contributed by atoms with Crippen LogP contribution in [0.15, 0.2) is 77.7 Å². The molecule has 0 unspecified atom stereocenters. The minimum absolute atomic E-state index is 0.0300. The first-order chi connectivity index (χ1) is 16.2. The summed E-state index contributed by atoms with van der Waals surface area (Å²) in [4.78, 5) is 4.61. The zero-order chi connectivity index (χ0) is 24.0. The van der Waals surface area contributed by atoms with Crippen molar-refractivity contribution in [2.45, 2.75) is 46.5 Å². The van der Waals surface area contributed by atoms with Crippen LogP contribution in [0, 0.1) is 12.0 Å². The van der Waals surface area contributed by atoms with E-state index in [1.807, 2.05) is 23.2 Å². The second kappa shape index (κ2) is 8.32. The zero-order valence-electron chi connectivity index (χ0n) is 20.7. The first-order valence-electron chi connectivity index (χ1n) is 12.0. The fraction of sp³-hybridized carbons (Fsp3) is 0.258. The summed E-state index contributed by atoms with van der Waals surface area (Å²) in [6.45, 7) is 15.5. The van der Waals surface area contributed by atoms with Crippen molar-refractivity contribution in [2.75, 3.05) is 0 Å². The van der Waals surface area contributed by atoms with Crippen molar-refractivity contribution in [3.63, 3.8) is 0 Å². The van der Waals surface area contributed by atoms with Gasteiger partial charge in [0.1, 0.15) is 12.2 Å². The molecule has 0 bridgehead atoms. The molecule has 4 aromatic rings. The number of aromatic nitrogens is 1. The molecule has 0 atom stereocenters. The number of benzene rings is 2. The monoisotopic (exact) mass is 448 g/mol. The minimum Gasteiger partial charge on any atom is -0.275 e. The molecule has 0 spiro atoms. The van der Waals surface area contributed by atoms with Gasteiger partial charge in [0, 0.05) is 5.39 Å². The van der Waals surface area contributed by atoms with Gasteiger partial charge in [0.15, 0.2) is 0 Å². The lowest BCUT2D eigenvalue weighted by Gasteiger charge is -2.27. The van der Waals surface area contributed by atoms with E-state index in [4.69, 9.17) is 4.42 Å². The topological polar surface area (TPSA) is 27.2 Å². The second-order valence-electron chi connectivity index (χ2n) is 10.7. The summed E-state index contributed by atoms with van der Waals surface area (Å²) in [6.07, 6.45) is 11.1. The third-order valence-corrected chi connectivity index (χ3v) is 6.47. The number of nitrogens with zero attached hydrogens (tertiary/aromatic N) is 2. The Morgan fingerprint density at radius 2 is 1.91 bits per heavy atom. The Morgan fingerprint density at radius 3 is 2.68 bits per heavy atom. The minimum atomic E-state index is 0.0300. The van der Waals surface area contributed by atoms with Crippen LogP contribution in [0.2, 0.25) is 0 Å². The van der Waals surface area contributed by atoms with E-state index in [-0.39, 0.29) is 5.41 Å².